The van der Waals surface area contributed by atoms with Gasteiger partial charge in [-0.05, 0) is 30.2 Å². The third kappa shape index (κ3) is 3.74. The molecule has 3 nitrogen and oxygen atoms in total. The first-order valence-electron chi connectivity index (χ1n) is 5.29. The Balaban J connectivity index is 2.56. The van der Waals surface area contributed by atoms with Crippen LogP contribution in [0.25, 0.3) is 0 Å². The molecule has 0 atom stereocenters. The Morgan fingerprint density at radius 3 is 2.88 bits per heavy atom. The number of carbonyl (C=O) groups excluding carboxylic acids is 1. The topological polar surface area (TPSA) is 38.3 Å². The van der Waals surface area contributed by atoms with Gasteiger partial charge in [-0.3, -0.25) is 4.79 Å². The summed E-state index contributed by atoms with van der Waals surface area (Å²) in [6, 6.07) is 5.51. The highest BCUT2D eigenvalue weighted by Gasteiger charge is 2.04. The van der Waals surface area contributed by atoms with Crippen molar-refractivity contribution in [2.24, 2.45) is 0 Å². The summed E-state index contributed by atoms with van der Waals surface area (Å²) < 4.78 is 5.54. The molecule has 1 amide bonds. The van der Waals surface area contributed by atoms with E-state index in [0.29, 0.717) is 18.1 Å². The number of benzene rings is 1. The normalized spacial score (nSPS) is 9.94. The van der Waals surface area contributed by atoms with Gasteiger partial charge < -0.3 is 10.1 Å². The molecule has 0 aromatic heterocycles. The molecule has 0 spiro atoms. The highest BCUT2D eigenvalue weighted by molar-refractivity contribution is 6.30. The highest BCUT2D eigenvalue weighted by atomic mass is 35.5. The van der Waals surface area contributed by atoms with Gasteiger partial charge in [0.25, 0.3) is 0 Å². The maximum absolute atomic E-state index is 11.0. The van der Waals surface area contributed by atoms with Gasteiger partial charge in [-0.15, -0.1) is 0 Å². The lowest BCUT2D eigenvalue weighted by atomic mass is 10.1. The first-order chi connectivity index (χ1) is 7.67. The highest BCUT2D eigenvalue weighted by Crippen LogP contribution is 2.23. The van der Waals surface area contributed by atoms with Crippen molar-refractivity contribution in [3.05, 3.63) is 28.8 Å². The van der Waals surface area contributed by atoms with Gasteiger partial charge in [0.2, 0.25) is 5.91 Å². The zero-order valence-electron chi connectivity index (χ0n) is 9.55. The van der Waals surface area contributed by atoms with Gasteiger partial charge >= 0.3 is 0 Å². The average molecular weight is 242 g/mol. The minimum absolute atomic E-state index is 0.0213. The molecule has 0 radical (unpaired) electrons. The van der Waals surface area contributed by atoms with Crippen molar-refractivity contribution in [3.63, 3.8) is 0 Å². The number of nitrogens with one attached hydrogen (secondary N) is 1. The molecule has 0 aliphatic rings. The molecule has 0 saturated heterocycles. The SMILES string of the molecule is CCc1cc(Cl)ccc1OCCC(=O)NC. The van der Waals surface area contributed by atoms with E-state index in [1.54, 1.807) is 13.1 Å². The number of amides is 1. The summed E-state index contributed by atoms with van der Waals surface area (Å²) in [7, 11) is 1.61. The molecule has 1 rings (SSSR count). The Labute approximate surface area is 101 Å². The Morgan fingerprint density at radius 1 is 1.50 bits per heavy atom. The second kappa shape index (κ2) is 6.38. The molecule has 0 saturated carbocycles. The summed E-state index contributed by atoms with van der Waals surface area (Å²) in [5.74, 6) is 0.780. The van der Waals surface area contributed by atoms with Crippen LogP contribution in [0.15, 0.2) is 18.2 Å². The van der Waals surface area contributed by atoms with E-state index in [2.05, 4.69) is 5.32 Å². The number of carbonyl (C=O) groups is 1. The predicted molar refractivity (Wildman–Crippen MR) is 65.0 cm³/mol. The van der Waals surface area contributed by atoms with Crippen LogP contribution in [0.4, 0.5) is 0 Å². The number of ether oxygens (including phenoxy) is 1. The van der Waals surface area contributed by atoms with Crippen molar-refractivity contribution in [3.8, 4) is 5.75 Å². The quantitative estimate of drug-likeness (QED) is 0.860. The first kappa shape index (κ1) is 12.8. The molecular weight excluding hydrogens is 226 g/mol. The fourth-order valence-electron chi connectivity index (χ4n) is 1.34. The lowest BCUT2D eigenvalue weighted by molar-refractivity contribution is -0.121. The zero-order valence-corrected chi connectivity index (χ0v) is 10.3. The summed E-state index contributed by atoms with van der Waals surface area (Å²) in [5, 5.41) is 3.25. The minimum Gasteiger partial charge on any atom is -0.493 e. The van der Waals surface area contributed by atoms with Gasteiger partial charge in [-0.2, -0.15) is 0 Å². The summed E-state index contributed by atoms with van der Waals surface area (Å²) >= 11 is 5.88. The maximum Gasteiger partial charge on any atom is 0.223 e. The Morgan fingerprint density at radius 2 is 2.25 bits per heavy atom. The predicted octanol–water partition coefficient (Wildman–Crippen LogP) is 2.42. The molecule has 0 aliphatic carbocycles. The molecule has 1 N–H and O–H groups in total. The molecule has 0 bridgehead atoms. The van der Waals surface area contributed by atoms with Crippen molar-refractivity contribution in [2.45, 2.75) is 19.8 Å². The molecule has 0 unspecified atom stereocenters. The van der Waals surface area contributed by atoms with Gasteiger partial charge in [0.05, 0.1) is 13.0 Å². The summed E-state index contributed by atoms with van der Waals surface area (Å²) in [6.07, 6.45) is 1.22. The molecular formula is C12H16ClNO2. The van der Waals surface area contributed by atoms with Crippen LogP contribution < -0.4 is 10.1 Å². The van der Waals surface area contributed by atoms with Gasteiger partial charge in [0.1, 0.15) is 5.75 Å². The molecule has 16 heavy (non-hydrogen) atoms. The van der Waals surface area contributed by atoms with E-state index in [1.165, 1.54) is 0 Å². The summed E-state index contributed by atoms with van der Waals surface area (Å²) in [6.45, 7) is 2.42. The number of hydrogen-bond acceptors (Lipinski definition) is 2. The molecule has 0 fully saturated rings. The Kier molecular flexibility index (Phi) is 5.12. The number of hydrogen-bond donors (Lipinski definition) is 1. The standard InChI is InChI=1S/C12H16ClNO2/c1-3-9-8-10(13)4-5-11(9)16-7-6-12(15)14-2/h4-5,8H,3,6-7H2,1-2H3,(H,14,15). The van der Waals surface area contributed by atoms with Crippen molar-refractivity contribution >= 4 is 17.5 Å². The molecule has 1 aromatic carbocycles. The van der Waals surface area contributed by atoms with Crippen molar-refractivity contribution in [1.29, 1.82) is 0 Å². The largest absolute Gasteiger partial charge is 0.493 e. The molecule has 1 aromatic rings. The number of aryl methyl sites for hydroxylation is 1. The zero-order chi connectivity index (χ0) is 12.0. The van der Waals surface area contributed by atoms with Gasteiger partial charge in [0.15, 0.2) is 0 Å². The van der Waals surface area contributed by atoms with Crippen LogP contribution in [-0.4, -0.2) is 19.6 Å². The van der Waals surface area contributed by atoms with Crippen LogP contribution in [-0.2, 0) is 11.2 Å². The molecule has 0 aliphatic heterocycles. The van der Waals surface area contributed by atoms with Gasteiger partial charge in [-0.25, -0.2) is 0 Å². The lowest BCUT2D eigenvalue weighted by Gasteiger charge is -2.10. The van der Waals surface area contributed by atoms with E-state index in [9.17, 15) is 4.79 Å². The number of rotatable bonds is 5. The van der Waals surface area contributed by atoms with E-state index in [-0.39, 0.29) is 5.91 Å². The molecule has 4 heteroatoms. The van der Waals surface area contributed by atoms with Crippen molar-refractivity contribution < 1.29 is 9.53 Å². The monoisotopic (exact) mass is 241 g/mol. The molecule has 88 valence electrons. The van der Waals surface area contributed by atoms with Crippen LogP contribution in [0.1, 0.15) is 18.9 Å². The van der Waals surface area contributed by atoms with E-state index < -0.39 is 0 Å². The summed E-state index contributed by atoms with van der Waals surface area (Å²) in [4.78, 5) is 11.0. The first-order valence-corrected chi connectivity index (χ1v) is 5.67. The van der Waals surface area contributed by atoms with E-state index >= 15 is 0 Å². The maximum atomic E-state index is 11.0. The second-order valence-corrected chi connectivity index (χ2v) is 3.81. The third-order valence-corrected chi connectivity index (χ3v) is 2.50. The molecule has 0 heterocycles. The smallest absolute Gasteiger partial charge is 0.223 e. The average Bonchev–Trinajstić information content (AvgIpc) is 2.30. The Hall–Kier alpha value is -1.22. The van der Waals surface area contributed by atoms with Crippen LogP contribution in [0.3, 0.4) is 0 Å². The number of halogens is 1. The summed E-state index contributed by atoms with van der Waals surface area (Å²) in [5.41, 5.74) is 1.06. The van der Waals surface area contributed by atoms with Crippen LogP contribution in [0.2, 0.25) is 5.02 Å². The van der Waals surface area contributed by atoms with Crippen molar-refractivity contribution in [1.82, 2.24) is 5.32 Å². The second-order valence-electron chi connectivity index (χ2n) is 3.38. The van der Waals surface area contributed by atoms with E-state index in [1.807, 2.05) is 19.1 Å². The fourth-order valence-corrected chi connectivity index (χ4v) is 1.54. The van der Waals surface area contributed by atoms with Gasteiger partial charge in [-0.1, -0.05) is 18.5 Å². The Bertz CT molecular complexity index is 366. The van der Waals surface area contributed by atoms with Gasteiger partial charge in [0, 0.05) is 12.1 Å². The van der Waals surface area contributed by atoms with Crippen LogP contribution in [0.5, 0.6) is 5.75 Å². The van der Waals surface area contributed by atoms with E-state index in [0.717, 1.165) is 17.7 Å². The van der Waals surface area contributed by atoms with Crippen LogP contribution in [0, 0.1) is 0 Å². The minimum atomic E-state index is -0.0213. The fraction of sp³-hybridized carbons (Fsp3) is 0.417. The van der Waals surface area contributed by atoms with E-state index in [4.69, 9.17) is 16.3 Å². The van der Waals surface area contributed by atoms with Crippen molar-refractivity contribution in [2.75, 3.05) is 13.7 Å². The lowest BCUT2D eigenvalue weighted by Crippen LogP contribution is -2.20. The third-order valence-electron chi connectivity index (χ3n) is 2.27. The van der Waals surface area contributed by atoms with Crippen LogP contribution >= 0.6 is 11.6 Å².